The van der Waals surface area contributed by atoms with Gasteiger partial charge in [-0.05, 0) is 67.3 Å². The number of rotatable bonds is 1. The maximum Gasteiger partial charge on any atom is 0.206 e. The standard InChI is InChI=1S/C18H13Br2NO/c1-21-9-8-13(14-4-2-3-5-17(14)21)7-6-12-10-15(19)18(22)16(20)11-12/h2-11H,1H3/b13-7+. The van der Waals surface area contributed by atoms with Gasteiger partial charge in [0.2, 0.25) is 5.78 Å². The molecule has 0 amide bonds. The largest absolute Gasteiger partial charge is 0.351 e. The second-order valence-corrected chi connectivity index (χ2v) is 6.75. The van der Waals surface area contributed by atoms with E-state index in [0.29, 0.717) is 8.96 Å². The van der Waals surface area contributed by atoms with Crippen molar-refractivity contribution in [3.63, 3.8) is 0 Å². The molecule has 1 aliphatic carbocycles. The summed E-state index contributed by atoms with van der Waals surface area (Å²) in [5.74, 6) is -0.0330. The molecule has 0 bridgehead atoms. The fraction of sp³-hybridized carbons (Fsp3) is 0.0556. The Morgan fingerprint density at radius 1 is 1.05 bits per heavy atom. The SMILES string of the molecule is CN1C=C/C(=C\C=C2C=C(Br)C(=O)C(Br)=C2)c2ccccc21. The summed E-state index contributed by atoms with van der Waals surface area (Å²) < 4.78 is 1.12. The van der Waals surface area contributed by atoms with Crippen molar-refractivity contribution in [2.45, 2.75) is 0 Å². The molecule has 0 saturated carbocycles. The predicted octanol–water partition coefficient (Wildman–Crippen LogP) is 5.10. The number of carbonyl (C=O) groups excluding carboxylic acids is 1. The van der Waals surface area contributed by atoms with Crippen LogP contribution < -0.4 is 4.90 Å². The minimum Gasteiger partial charge on any atom is -0.351 e. The number of nitrogens with zero attached hydrogens (tertiary/aromatic N) is 1. The molecule has 22 heavy (non-hydrogen) atoms. The van der Waals surface area contributed by atoms with Crippen LogP contribution in [0.2, 0.25) is 0 Å². The van der Waals surface area contributed by atoms with E-state index in [1.165, 1.54) is 11.3 Å². The third kappa shape index (κ3) is 2.94. The highest BCUT2D eigenvalue weighted by Gasteiger charge is 2.16. The molecule has 2 nitrogen and oxygen atoms in total. The van der Waals surface area contributed by atoms with Crippen molar-refractivity contribution in [1.29, 1.82) is 0 Å². The topological polar surface area (TPSA) is 20.3 Å². The lowest BCUT2D eigenvalue weighted by molar-refractivity contribution is -0.110. The molecule has 3 rings (SSSR count). The monoisotopic (exact) mass is 417 g/mol. The van der Waals surface area contributed by atoms with E-state index in [4.69, 9.17) is 0 Å². The molecule has 0 fully saturated rings. The van der Waals surface area contributed by atoms with E-state index in [2.05, 4.69) is 67.2 Å². The van der Waals surface area contributed by atoms with Crippen molar-refractivity contribution in [1.82, 2.24) is 0 Å². The Labute approximate surface area is 146 Å². The maximum atomic E-state index is 11.7. The maximum absolute atomic E-state index is 11.7. The van der Waals surface area contributed by atoms with E-state index in [9.17, 15) is 4.79 Å². The smallest absolute Gasteiger partial charge is 0.206 e. The number of anilines is 1. The second kappa shape index (κ2) is 6.23. The Morgan fingerprint density at radius 2 is 1.73 bits per heavy atom. The Kier molecular flexibility index (Phi) is 4.32. The van der Waals surface area contributed by atoms with Gasteiger partial charge in [-0.1, -0.05) is 30.4 Å². The second-order valence-electron chi connectivity index (χ2n) is 5.05. The van der Waals surface area contributed by atoms with Gasteiger partial charge in [0.05, 0.1) is 8.96 Å². The van der Waals surface area contributed by atoms with Crippen molar-refractivity contribution in [2.75, 3.05) is 11.9 Å². The normalized spacial score (nSPS) is 19.0. The van der Waals surface area contributed by atoms with E-state index in [0.717, 1.165) is 11.1 Å². The molecule has 1 aromatic rings. The Bertz CT molecular complexity index is 773. The molecule has 1 heterocycles. The Balaban J connectivity index is 1.99. The van der Waals surface area contributed by atoms with E-state index in [-0.39, 0.29) is 5.78 Å². The van der Waals surface area contributed by atoms with Crippen LogP contribution in [0, 0.1) is 0 Å². The summed E-state index contributed by atoms with van der Waals surface area (Å²) in [5, 5.41) is 0. The number of ketones is 1. The zero-order valence-corrected chi connectivity index (χ0v) is 15.1. The van der Waals surface area contributed by atoms with Crippen LogP contribution in [0.15, 0.2) is 75.4 Å². The third-order valence-electron chi connectivity index (χ3n) is 3.55. The molecule has 0 aromatic heterocycles. The Morgan fingerprint density at radius 3 is 2.45 bits per heavy atom. The van der Waals surface area contributed by atoms with Gasteiger partial charge in [-0.2, -0.15) is 0 Å². The van der Waals surface area contributed by atoms with Gasteiger partial charge in [0, 0.05) is 24.5 Å². The van der Waals surface area contributed by atoms with Gasteiger partial charge in [0.25, 0.3) is 0 Å². The van der Waals surface area contributed by atoms with Crippen LogP contribution in [0.3, 0.4) is 0 Å². The highest BCUT2D eigenvalue weighted by atomic mass is 79.9. The number of fused-ring (bicyclic) bond motifs is 1. The average Bonchev–Trinajstić information content (AvgIpc) is 2.52. The van der Waals surface area contributed by atoms with Crippen LogP contribution in [-0.4, -0.2) is 12.8 Å². The highest BCUT2D eigenvalue weighted by molar-refractivity contribution is 9.13. The molecule has 4 heteroatoms. The molecule has 110 valence electrons. The molecule has 2 aliphatic rings. The minimum atomic E-state index is -0.0330. The van der Waals surface area contributed by atoms with Gasteiger partial charge in [-0.25, -0.2) is 0 Å². The van der Waals surface area contributed by atoms with E-state index in [1.54, 1.807) is 0 Å². The number of carbonyl (C=O) groups is 1. The van der Waals surface area contributed by atoms with Gasteiger partial charge in [0.15, 0.2) is 0 Å². The van der Waals surface area contributed by atoms with Gasteiger partial charge >= 0.3 is 0 Å². The summed E-state index contributed by atoms with van der Waals surface area (Å²) in [4.78, 5) is 13.8. The van der Waals surface area contributed by atoms with Crippen LogP contribution in [-0.2, 0) is 4.79 Å². The summed E-state index contributed by atoms with van der Waals surface area (Å²) >= 11 is 6.59. The first kappa shape index (κ1) is 15.3. The van der Waals surface area contributed by atoms with Crippen LogP contribution in [0.5, 0.6) is 0 Å². The van der Waals surface area contributed by atoms with Crippen LogP contribution in [0.25, 0.3) is 5.57 Å². The zero-order chi connectivity index (χ0) is 15.7. The molecule has 0 N–H and O–H groups in total. The first-order valence-electron chi connectivity index (χ1n) is 6.78. The number of allylic oxidation sites excluding steroid dienone is 9. The van der Waals surface area contributed by atoms with Gasteiger partial charge < -0.3 is 4.90 Å². The summed E-state index contributed by atoms with van der Waals surface area (Å²) in [5.41, 5.74) is 4.49. The quantitative estimate of drug-likeness (QED) is 0.632. The predicted molar refractivity (Wildman–Crippen MR) is 99.1 cm³/mol. The lowest BCUT2D eigenvalue weighted by atomic mass is 9.99. The van der Waals surface area contributed by atoms with Gasteiger partial charge in [0.1, 0.15) is 0 Å². The average molecular weight is 419 g/mol. The molecule has 1 aliphatic heterocycles. The van der Waals surface area contributed by atoms with E-state index >= 15 is 0 Å². The third-order valence-corrected chi connectivity index (χ3v) is 4.73. The summed E-state index contributed by atoms with van der Waals surface area (Å²) in [6.45, 7) is 0. The zero-order valence-electron chi connectivity index (χ0n) is 11.9. The molecular weight excluding hydrogens is 406 g/mol. The first-order valence-corrected chi connectivity index (χ1v) is 8.36. The number of hydrogen-bond donors (Lipinski definition) is 0. The van der Waals surface area contributed by atoms with Crippen molar-refractivity contribution in [3.05, 3.63) is 80.9 Å². The summed E-state index contributed by atoms with van der Waals surface area (Å²) in [6.07, 6.45) is 11.9. The lowest BCUT2D eigenvalue weighted by Crippen LogP contribution is -2.13. The number of halogens is 2. The fourth-order valence-corrected chi connectivity index (χ4v) is 3.62. The number of Topliss-reactive ketones (excluding diaryl/α,β-unsaturated/α-hetero) is 1. The van der Waals surface area contributed by atoms with Crippen molar-refractivity contribution < 1.29 is 4.79 Å². The van der Waals surface area contributed by atoms with Gasteiger partial charge in [-0.3, -0.25) is 4.79 Å². The summed E-state index contributed by atoms with van der Waals surface area (Å²) in [6, 6.07) is 8.30. The van der Waals surface area contributed by atoms with E-state index < -0.39 is 0 Å². The van der Waals surface area contributed by atoms with Crippen LogP contribution >= 0.6 is 31.9 Å². The van der Waals surface area contributed by atoms with E-state index in [1.807, 2.05) is 37.4 Å². The molecule has 1 aromatic carbocycles. The molecule has 0 saturated heterocycles. The van der Waals surface area contributed by atoms with Crippen LogP contribution in [0.1, 0.15) is 5.56 Å². The number of benzene rings is 1. The molecular formula is C18H13Br2NO. The number of hydrogen-bond acceptors (Lipinski definition) is 2. The van der Waals surface area contributed by atoms with Crippen LogP contribution in [0.4, 0.5) is 5.69 Å². The Hall–Kier alpha value is -1.65. The molecule has 0 radical (unpaired) electrons. The molecule has 0 unspecified atom stereocenters. The molecule has 0 atom stereocenters. The fourth-order valence-electron chi connectivity index (χ4n) is 2.39. The first-order chi connectivity index (χ1) is 10.6. The lowest BCUT2D eigenvalue weighted by Gasteiger charge is -2.23. The molecule has 0 spiro atoms. The van der Waals surface area contributed by atoms with Crippen molar-refractivity contribution >= 4 is 48.9 Å². The number of para-hydroxylation sites is 1. The van der Waals surface area contributed by atoms with Gasteiger partial charge in [-0.15, -0.1) is 0 Å². The van der Waals surface area contributed by atoms with Crippen molar-refractivity contribution in [2.24, 2.45) is 0 Å². The highest BCUT2D eigenvalue weighted by Crippen LogP contribution is 2.32. The summed E-state index contributed by atoms with van der Waals surface area (Å²) in [7, 11) is 2.04. The van der Waals surface area contributed by atoms with Crippen molar-refractivity contribution in [3.8, 4) is 0 Å². The minimum absolute atomic E-state index is 0.0330.